The summed E-state index contributed by atoms with van der Waals surface area (Å²) in [5.41, 5.74) is 2.07. The van der Waals surface area contributed by atoms with Gasteiger partial charge < -0.3 is 14.2 Å². The summed E-state index contributed by atoms with van der Waals surface area (Å²) in [6.07, 6.45) is 0. The summed E-state index contributed by atoms with van der Waals surface area (Å²) in [5.74, 6) is 0.431. The maximum Gasteiger partial charge on any atom is 0.332 e. The fourth-order valence-electron chi connectivity index (χ4n) is 1.92. The van der Waals surface area contributed by atoms with Crippen molar-refractivity contribution in [2.24, 2.45) is 0 Å². The average Bonchev–Trinajstić information content (AvgIpc) is 2.55. The Labute approximate surface area is 130 Å². The number of esters is 1. The Kier molecular flexibility index (Phi) is 6.45. The zero-order chi connectivity index (χ0) is 15.6. The lowest BCUT2D eigenvalue weighted by Crippen LogP contribution is -2.12. The van der Waals surface area contributed by atoms with Crippen LogP contribution in [0.3, 0.4) is 0 Å². The van der Waals surface area contributed by atoms with Crippen LogP contribution in [0.25, 0.3) is 0 Å². The first-order valence-electron chi connectivity index (χ1n) is 7.27. The van der Waals surface area contributed by atoms with Gasteiger partial charge in [-0.05, 0) is 30.2 Å². The average molecular weight is 300 g/mol. The lowest BCUT2D eigenvalue weighted by atomic mass is 10.2. The van der Waals surface area contributed by atoms with E-state index in [4.69, 9.17) is 14.2 Å². The van der Waals surface area contributed by atoms with E-state index >= 15 is 0 Å². The molecule has 22 heavy (non-hydrogen) atoms. The SMILES string of the molecule is CCOC(=O)COCc1cccc(OCc2ccccc2)c1. The highest BCUT2D eigenvalue weighted by Crippen LogP contribution is 2.16. The molecule has 0 heterocycles. The van der Waals surface area contributed by atoms with Gasteiger partial charge in [0.2, 0.25) is 0 Å². The molecular weight excluding hydrogens is 280 g/mol. The van der Waals surface area contributed by atoms with Gasteiger partial charge in [0.05, 0.1) is 13.2 Å². The molecule has 2 aromatic carbocycles. The van der Waals surface area contributed by atoms with Gasteiger partial charge in [-0.1, -0.05) is 42.5 Å². The first-order valence-corrected chi connectivity index (χ1v) is 7.27. The third-order valence-corrected chi connectivity index (χ3v) is 2.94. The normalized spacial score (nSPS) is 10.2. The third kappa shape index (κ3) is 5.58. The Bertz CT molecular complexity index is 581. The number of carbonyl (C=O) groups excluding carboxylic acids is 1. The lowest BCUT2D eigenvalue weighted by Gasteiger charge is -2.09. The van der Waals surface area contributed by atoms with E-state index < -0.39 is 0 Å². The van der Waals surface area contributed by atoms with E-state index in [1.54, 1.807) is 6.92 Å². The van der Waals surface area contributed by atoms with Gasteiger partial charge >= 0.3 is 5.97 Å². The molecule has 0 fully saturated rings. The predicted octanol–water partition coefficient (Wildman–Crippen LogP) is 3.35. The van der Waals surface area contributed by atoms with Crippen LogP contribution in [0, 0.1) is 0 Å². The molecule has 116 valence electrons. The predicted molar refractivity (Wildman–Crippen MR) is 83.5 cm³/mol. The number of ether oxygens (including phenoxy) is 3. The van der Waals surface area contributed by atoms with Crippen molar-refractivity contribution in [1.82, 2.24) is 0 Å². The van der Waals surface area contributed by atoms with Crippen LogP contribution in [0.1, 0.15) is 18.1 Å². The van der Waals surface area contributed by atoms with Gasteiger partial charge in [0.15, 0.2) is 0 Å². The van der Waals surface area contributed by atoms with Gasteiger partial charge in [0.1, 0.15) is 19.0 Å². The van der Waals surface area contributed by atoms with Crippen LogP contribution in [0.2, 0.25) is 0 Å². The van der Waals surface area contributed by atoms with Crippen LogP contribution in [0.5, 0.6) is 5.75 Å². The van der Waals surface area contributed by atoms with Crippen LogP contribution >= 0.6 is 0 Å². The number of hydrogen-bond acceptors (Lipinski definition) is 4. The van der Waals surface area contributed by atoms with Gasteiger partial charge in [-0.2, -0.15) is 0 Å². The Morgan fingerprint density at radius 3 is 2.50 bits per heavy atom. The molecule has 4 heteroatoms. The molecule has 0 aliphatic heterocycles. The van der Waals surface area contributed by atoms with Crippen molar-refractivity contribution in [1.29, 1.82) is 0 Å². The van der Waals surface area contributed by atoms with Crippen molar-refractivity contribution >= 4 is 5.97 Å². The van der Waals surface area contributed by atoms with E-state index in [1.807, 2.05) is 54.6 Å². The standard InChI is InChI=1S/C18H20O4/c1-2-21-18(19)14-20-12-16-9-6-10-17(11-16)22-13-15-7-4-3-5-8-15/h3-11H,2,12-14H2,1H3. The Balaban J connectivity index is 1.81. The molecule has 0 aliphatic carbocycles. The number of rotatable bonds is 8. The van der Waals surface area contributed by atoms with E-state index in [-0.39, 0.29) is 12.6 Å². The maximum absolute atomic E-state index is 11.2. The largest absolute Gasteiger partial charge is 0.489 e. The van der Waals surface area contributed by atoms with E-state index in [2.05, 4.69) is 0 Å². The van der Waals surface area contributed by atoms with Crippen LogP contribution < -0.4 is 4.74 Å². The second-order valence-electron chi connectivity index (χ2n) is 4.72. The molecule has 0 unspecified atom stereocenters. The molecule has 0 aliphatic rings. The van der Waals surface area contributed by atoms with Crippen LogP contribution in [0.15, 0.2) is 54.6 Å². The van der Waals surface area contributed by atoms with E-state index in [1.165, 1.54) is 0 Å². The molecule has 0 N–H and O–H groups in total. The zero-order valence-corrected chi connectivity index (χ0v) is 12.7. The van der Waals surface area contributed by atoms with Gasteiger partial charge in [0, 0.05) is 0 Å². The summed E-state index contributed by atoms with van der Waals surface area (Å²) < 4.78 is 15.9. The molecule has 0 radical (unpaired) electrons. The molecular formula is C18H20O4. The molecule has 0 saturated carbocycles. The zero-order valence-electron chi connectivity index (χ0n) is 12.7. The van der Waals surface area contributed by atoms with Gasteiger partial charge in [-0.15, -0.1) is 0 Å². The third-order valence-electron chi connectivity index (χ3n) is 2.94. The Morgan fingerprint density at radius 1 is 0.955 bits per heavy atom. The minimum atomic E-state index is -0.348. The molecule has 2 rings (SSSR count). The molecule has 0 amide bonds. The second kappa shape index (κ2) is 8.85. The smallest absolute Gasteiger partial charge is 0.332 e. The Morgan fingerprint density at radius 2 is 1.73 bits per heavy atom. The summed E-state index contributed by atoms with van der Waals surface area (Å²) >= 11 is 0. The molecule has 0 saturated heterocycles. The molecule has 0 spiro atoms. The summed E-state index contributed by atoms with van der Waals surface area (Å²) in [4.78, 5) is 11.2. The highest BCUT2D eigenvalue weighted by atomic mass is 16.6. The second-order valence-corrected chi connectivity index (χ2v) is 4.72. The highest BCUT2D eigenvalue weighted by molar-refractivity contribution is 5.70. The fraction of sp³-hybridized carbons (Fsp3) is 0.278. The lowest BCUT2D eigenvalue weighted by molar-refractivity contribution is -0.148. The highest BCUT2D eigenvalue weighted by Gasteiger charge is 2.03. The molecule has 0 atom stereocenters. The molecule has 4 nitrogen and oxygen atoms in total. The van der Waals surface area contributed by atoms with Crippen LogP contribution in [-0.4, -0.2) is 19.2 Å². The first-order chi connectivity index (χ1) is 10.8. The van der Waals surface area contributed by atoms with E-state index in [0.29, 0.717) is 19.8 Å². The summed E-state index contributed by atoms with van der Waals surface area (Å²) in [7, 11) is 0. The first kappa shape index (κ1) is 16.0. The Hall–Kier alpha value is -2.33. The van der Waals surface area contributed by atoms with Crippen LogP contribution in [-0.2, 0) is 27.5 Å². The van der Waals surface area contributed by atoms with Gasteiger partial charge in [-0.25, -0.2) is 4.79 Å². The number of hydrogen-bond donors (Lipinski definition) is 0. The number of benzene rings is 2. The molecule has 0 aromatic heterocycles. The van der Waals surface area contributed by atoms with Gasteiger partial charge in [0.25, 0.3) is 0 Å². The van der Waals surface area contributed by atoms with Crippen molar-refractivity contribution in [3.8, 4) is 5.75 Å². The van der Waals surface area contributed by atoms with Gasteiger partial charge in [-0.3, -0.25) is 0 Å². The van der Waals surface area contributed by atoms with E-state index in [0.717, 1.165) is 16.9 Å². The minimum Gasteiger partial charge on any atom is -0.489 e. The number of carbonyl (C=O) groups is 1. The van der Waals surface area contributed by atoms with Crippen molar-refractivity contribution in [2.45, 2.75) is 20.1 Å². The van der Waals surface area contributed by atoms with Crippen LogP contribution in [0.4, 0.5) is 0 Å². The maximum atomic E-state index is 11.2. The topological polar surface area (TPSA) is 44.8 Å². The summed E-state index contributed by atoms with van der Waals surface area (Å²) in [6.45, 7) is 2.97. The summed E-state index contributed by atoms with van der Waals surface area (Å²) in [6, 6.07) is 17.6. The van der Waals surface area contributed by atoms with E-state index in [9.17, 15) is 4.79 Å². The molecule has 2 aromatic rings. The van der Waals surface area contributed by atoms with Crippen molar-refractivity contribution in [3.63, 3.8) is 0 Å². The monoisotopic (exact) mass is 300 g/mol. The van der Waals surface area contributed by atoms with Crippen molar-refractivity contribution in [2.75, 3.05) is 13.2 Å². The van der Waals surface area contributed by atoms with Crippen molar-refractivity contribution < 1.29 is 19.0 Å². The minimum absolute atomic E-state index is 0.0387. The van der Waals surface area contributed by atoms with Crippen molar-refractivity contribution in [3.05, 3.63) is 65.7 Å². The molecule has 0 bridgehead atoms. The fourth-order valence-corrected chi connectivity index (χ4v) is 1.92. The quantitative estimate of drug-likeness (QED) is 0.701. The summed E-state index contributed by atoms with van der Waals surface area (Å²) in [5, 5.41) is 0.